The minimum Gasteiger partial charge on any atom is -0.489 e. The maximum atomic E-state index is 12.7. The molecule has 0 unspecified atom stereocenters. The number of ether oxygens (including phenoxy) is 1. The molecule has 0 radical (unpaired) electrons. The van der Waals surface area contributed by atoms with Crippen LogP contribution in [0.5, 0.6) is 5.75 Å². The fraction of sp³-hybridized carbons (Fsp3) is 0.190. The lowest BCUT2D eigenvalue weighted by Crippen LogP contribution is -2.37. The lowest BCUT2D eigenvalue weighted by Gasteiger charge is -2.20. The average molecular weight is 378 g/mol. The van der Waals surface area contributed by atoms with Crippen LogP contribution in [0.2, 0.25) is 0 Å². The van der Waals surface area contributed by atoms with Crippen LogP contribution in [0.3, 0.4) is 0 Å². The molecule has 28 heavy (non-hydrogen) atoms. The Kier molecular flexibility index (Phi) is 6.06. The minimum absolute atomic E-state index is 0.167. The summed E-state index contributed by atoms with van der Waals surface area (Å²) in [5, 5.41) is 4.00. The van der Waals surface area contributed by atoms with Crippen molar-refractivity contribution in [3.63, 3.8) is 0 Å². The molecule has 144 valence electrons. The Morgan fingerprint density at radius 1 is 1.07 bits per heavy atom. The first-order valence-corrected chi connectivity index (χ1v) is 8.83. The monoisotopic (exact) mass is 378 g/mol. The summed E-state index contributed by atoms with van der Waals surface area (Å²) < 4.78 is 7.31. The Labute approximate surface area is 163 Å². The van der Waals surface area contributed by atoms with Gasteiger partial charge in [0.1, 0.15) is 12.4 Å². The van der Waals surface area contributed by atoms with E-state index in [-0.39, 0.29) is 19.0 Å². The number of nitrogens with zero attached hydrogens (tertiary/aromatic N) is 3. The van der Waals surface area contributed by atoms with E-state index in [0.29, 0.717) is 12.2 Å². The molecule has 0 saturated carbocycles. The minimum atomic E-state index is -0.569. The molecule has 2 N–H and O–H groups in total. The number of hydrogen-bond acceptors (Lipinski definition) is 4. The first kappa shape index (κ1) is 19.2. The number of hydrogen-bond donors (Lipinski definition) is 1. The van der Waals surface area contributed by atoms with Gasteiger partial charge in [0.15, 0.2) is 0 Å². The van der Waals surface area contributed by atoms with Gasteiger partial charge in [-0.1, -0.05) is 42.5 Å². The van der Waals surface area contributed by atoms with E-state index >= 15 is 0 Å². The van der Waals surface area contributed by atoms with E-state index in [4.69, 9.17) is 10.5 Å². The summed E-state index contributed by atoms with van der Waals surface area (Å²) in [4.78, 5) is 25.5. The molecule has 2 aromatic carbocycles. The molecule has 7 nitrogen and oxygen atoms in total. The van der Waals surface area contributed by atoms with Gasteiger partial charge in [-0.3, -0.25) is 14.3 Å². The molecule has 0 spiro atoms. The maximum absolute atomic E-state index is 12.7. The second kappa shape index (κ2) is 8.85. The number of benzene rings is 2. The van der Waals surface area contributed by atoms with Gasteiger partial charge in [-0.15, -0.1) is 0 Å². The molecule has 0 fully saturated rings. The van der Waals surface area contributed by atoms with Crippen LogP contribution in [0.15, 0.2) is 67.0 Å². The standard InChI is InChI=1S/C21H22N4O3/c1-24-13-18(11-23-24)21(27)25(14-20(22)26)12-16-7-9-19(10-8-16)28-15-17-5-3-2-4-6-17/h2-11,13H,12,14-15H2,1H3,(H2,22,26). The van der Waals surface area contributed by atoms with Crippen LogP contribution in [0.25, 0.3) is 0 Å². The first-order chi connectivity index (χ1) is 13.5. The molecule has 0 bridgehead atoms. The molecule has 0 aliphatic heterocycles. The van der Waals surface area contributed by atoms with Crippen LogP contribution >= 0.6 is 0 Å². The molecular formula is C21H22N4O3. The number of aryl methyl sites for hydroxylation is 1. The first-order valence-electron chi connectivity index (χ1n) is 8.83. The van der Waals surface area contributed by atoms with Gasteiger partial charge in [0, 0.05) is 19.8 Å². The van der Waals surface area contributed by atoms with Crippen molar-refractivity contribution in [2.75, 3.05) is 6.54 Å². The molecule has 0 atom stereocenters. The maximum Gasteiger partial charge on any atom is 0.257 e. The van der Waals surface area contributed by atoms with Crippen molar-refractivity contribution >= 4 is 11.8 Å². The number of rotatable bonds is 8. The topological polar surface area (TPSA) is 90.5 Å². The average Bonchev–Trinajstić information content (AvgIpc) is 3.13. The van der Waals surface area contributed by atoms with Crippen molar-refractivity contribution in [1.29, 1.82) is 0 Å². The van der Waals surface area contributed by atoms with Gasteiger partial charge in [0.25, 0.3) is 5.91 Å². The highest BCUT2D eigenvalue weighted by Gasteiger charge is 2.19. The second-order valence-corrected chi connectivity index (χ2v) is 6.45. The molecule has 0 aliphatic rings. The lowest BCUT2D eigenvalue weighted by molar-refractivity contribution is -0.118. The molecular weight excluding hydrogens is 356 g/mol. The Morgan fingerprint density at radius 3 is 2.39 bits per heavy atom. The summed E-state index contributed by atoms with van der Waals surface area (Å²) in [6, 6.07) is 17.3. The zero-order chi connectivity index (χ0) is 19.9. The molecule has 0 saturated heterocycles. The Hall–Kier alpha value is -3.61. The number of nitrogens with two attached hydrogens (primary N) is 1. The van der Waals surface area contributed by atoms with Crippen molar-refractivity contribution in [3.05, 3.63) is 83.7 Å². The van der Waals surface area contributed by atoms with Gasteiger partial charge in [-0.05, 0) is 23.3 Å². The van der Waals surface area contributed by atoms with Gasteiger partial charge in [0.05, 0.1) is 18.3 Å². The zero-order valence-electron chi connectivity index (χ0n) is 15.6. The Balaban J connectivity index is 1.65. The number of carbonyl (C=O) groups excluding carboxylic acids is 2. The van der Waals surface area contributed by atoms with Crippen LogP contribution in [-0.2, 0) is 25.0 Å². The SMILES string of the molecule is Cn1cc(C(=O)N(CC(N)=O)Cc2ccc(OCc3ccccc3)cc2)cn1. The van der Waals surface area contributed by atoms with Crippen LogP contribution in [0, 0.1) is 0 Å². The van der Waals surface area contributed by atoms with E-state index in [9.17, 15) is 9.59 Å². The predicted molar refractivity (Wildman–Crippen MR) is 104 cm³/mol. The molecule has 0 aliphatic carbocycles. The van der Waals surface area contributed by atoms with Gasteiger partial charge in [0.2, 0.25) is 5.91 Å². The summed E-state index contributed by atoms with van der Waals surface area (Å²) in [5.74, 6) is -0.135. The summed E-state index contributed by atoms with van der Waals surface area (Å²) in [5.41, 5.74) is 7.67. The molecule has 7 heteroatoms. The van der Waals surface area contributed by atoms with Gasteiger partial charge in [-0.2, -0.15) is 5.10 Å². The highest BCUT2D eigenvalue weighted by molar-refractivity contribution is 5.95. The number of carbonyl (C=O) groups is 2. The smallest absolute Gasteiger partial charge is 0.257 e. The number of amides is 2. The fourth-order valence-electron chi connectivity index (χ4n) is 2.75. The quantitative estimate of drug-likeness (QED) is 0.650. The van der Waals surface area contributed by atoms with Crippen LogP contribution < -0.4 is 10.5 Å². The lowest BCUT2D eigenvalue weighted by atomic mass is 10.2. The molecule has 2 amide bonds. The van der Waals surface area contributed by atoms with Crippen molar-refractivity contribution in [1.82, 2.24) is 14.7 Å². The molecule has 3 rings (SSSR count). The number of aromatic nitrogens is 2. The van der Waals surface area contributed by atoms with Gasteiger partial charge in [-0.25, -0.2) is 0 Å². The highest BCUT2D eigenvalue weighted by atomic mass is 16.5. The van der Waals surface area contributed by atoms with Crippen molar-refractivity contribution < 1.29 is 14.3 Å². The largest absolute Gasteiger partial charge is 0.489 e. The third kappa shape index (κ3) is 5.20. The number of primary amides is 1. The molecule has 1 aromatic heterocycles. The van der Waals surface area contributed by atoms with E-state index in [2.05, 4.69) is 5.10 Å². The molecule has 3 aromatic rings. The van der Waals surface area contributed by atoms with E-state index in [1.54, 1.807) is 13.2 Å². The normalized spacial score (nSPS) is 10.5. The van der Waals surface area contributed by atoms with Crippen molar-refractivity contribution in [2.45, 2.75) is 13.2 Å². The van der Waals surface area contributed by atoms with Crippen molar-refractivity contribution in [2.24, 2.45) is 12.8 Å². The summed E-state index contributed by atoms with van der Waals surface area (Å²) in [6.07, 6.45) is 3.08. The predicted octanol–water partition coefficient (Wildman–Crippen LogP) is 2.13. The zero-order valence-corrected chi connectivity index (χ0v) is 15.6. The van der Waals surface area contributed by atoms with E-state index in [0.717, 1.165) is 16.9 Å². The van der Waals surface area contributed by atoms with Crippen LogP contribution in [0.1, 0.15) is 21.5 Å². The van der Waals surface area contributed by atoms with E-state index in [1.807, 2.05) is 54.6 Å². The van der Waals surface area contributed by atoms with Crippen molar-refractivity contribution in [3.8, 4) is 5.75 Å². The van der Waals surface area contributed by atoms with Crippen LogP contribution in [0.4, 0.5) is 0 Å². The Morgan fingerprint density at radius 2 is 1.79 bits per heavy atom. The summed E-state index contributed by atoms with van der Waals surface area (Å²) in [6.45, 7) is 0.573. The molecule has 1 heterocycles. The van der Waals surface area contributed by atoms with Gasteiger partial charge < -0.3 is 15.4 Å². The second-order valence-electron chi connectivity index (χ2n) is 6.45. The third-order valence-corrected chi connectivity index (χ3v) is 4.13. The van der Waals surface area contributed by atoms with E-state index < -0.39 is 5.91 Å². The summed E-state index contributed by atoms with van der Waals surface area (Å²) in [7, 11) is 1.73. The fourth-order valence-corrected chi connectivity index (χ4v) is 2.75. The summed E-state index contributed by atoms with van der Waals surface area (Å²) >= 11 is 0. The third-order valence-electron chi connectivity index (χ3n) is 4.13. The Bertz CT molecular complexity index is 936. The van der Waals surface area contributed by atoms with Crippen LogP contribution in [-0.4, -0.2) is 33.0 Å². The highest BCUT2D eigenvalue weighted by Crippen LogP contribution is 2.16. The van der Waals surface area contributed by atoms with Gasteiger partial charge >= 0.3 is 0 Å². The van der Waals surface area contributed by atoms with E-state index in [1.165, 1.54) is 15.8 Å².